The molecule has 0 spiro atoms. The van der Waals surface area contributed by atoms with Crippen molar-refractivity contribution in [2.75, 3.05) is 0 Å². The number of esters is 2. The van der Waals surface area contributed by atoms with Crippen LogP contribution in [0.3, 0.4) is 0 Å². The van der Waals surface area contributed by atoms with Gasteiger partial charge in [0, 0.05) is 24.3 Å². The number of hydrogen-bond acceptors (Lipinski definition) is 7. The zero-order valence-electron chi connectivity index (χ0n) is 23.0. The van der Waals surface area contributed by atoms with E-state index in [2.05, 4.69) is 13.0 Å². The second-order valence-electron chi connectivity index (χ2n) is 11.4. The average molecular weight is 547 g/mol. The summed E-state index contributed by atoms with van der Waals surface area (Å²) in [7, 11) is 0. The molecule has 0 radical (unpaired) electrons. The van der Waals surface area contributed by atoms with E-state index >= 15 is 0 Å². The van der Waals surface area contributed by atoms with Crippen LogP contribution in [0, 0.1) is 24.7 Å². The van der Waals surface area contributed by atoms with Gasteiger partial charge in [-0.15, -0.1) is 0 Å². The monoisotopic (exact) mass is 546 g/mol. The van der Waals surface area contributed by atoms with Crippen LogP contribution in [0.5, 0.6) is 5.75 Å². The summed E-state index contributed by atoms with van der Waals surface area (Å²) in [5.74, 6) is -0.127. The molecule has 2 aromatic rings. The van der Waals surface area contributed by atoms with Gasteiger partial charge in [-0.1, -0.05) is 73.2 Å². The van der Waals surface area contributed by atoms with E-state index in [9.17, 15) is 19.8 Å². The number of carbonyl (C=O) groups is 2. The molecule has 40 heavy (non-hydrogen) atoms. The first-order valence-corrected chi connectivity index (χ1v) is 14.2. The van der Waals surface area contributed by atoms with Gasteiger partial charge in [-0.2, -0.15) is 0 Å². The predicted octanol–water partition coefficient (Wildman–Crippen LogP) is 5.00. The third kappa shape index (κ3) is 6.65. The van der Waals surface area contributed by atoms with Gasteiger partial charge in [0.05, 0.1) is 18.6 Å². The van der Waals surface area contributed by atoms with E-state index < -0.39 is 30.4 Å². The molecule has 0 saturated carbocycles. The Bertz CT molecular complexity index is 1240. The quantitative estimate of drug-likeness (QED) is 0.449. The molecule has 1 unspecified atom stereocenters. The van der Waals surface area contributed by atoms with Gasteiger partial charge in [0.25, 0.3) is 0 Å². The van der Waals surface area contributed by atoms with Crippen LogP contribution in [0.1, 0.15) is 56.3 Å². The Kier molecular flexibility index (Phi) is 8.72. The lowest BCUT2D eigenvalue weighted by Crippen LogP contribution is -2.43. The van der Waals surface area contributed by atoms with Gasteiger partial charge in [-0.05, 0) is 49.3 Å². The van der Waals surface area contributed by atoms with E-state index in [-0.39, 0.29) is 36.2 Å². The van der Waals surface area contributed by atoms with Crippen molar-refractivity contribution in [2.24, 2.45) is 17.8 Å². The molecule has 1 fully saturated rings. The van der Waals surface area contributed by atoms with Crippen LogP contribution < -0.4 is 4.74 Å². The van der Waals surface area contributed by atoms with Gasteiger partial charge >= 0.3 is 11.9 Å². The highest BCUT2D eigenvalue weighted by atomic mass is 16.6. The summed E-state index contributed by atoms with van der Waals surface area (Å²) < 4.78 is 17.9. The fourth-order valence-electron chi connectivity index (χ4n) is 6.25. The minimum Gasteiger partial charge on any atom is -0.474 e. The topological polar surface area (TPSA) is 102 Å². The molecular weight excluding hydrogens is 508 g/mol. The van der Waals surface area contributed by atoms with Gasteiger partial charge in [0.15, 0.2) is 0 Å². The number of aliphatic hydroxyl groups is 2. The average Bonchev–Trinajstić information content (AvgIpc) is 2.92. The number of ether oxygens (including phenoxy) is 3. The van der Waals surface area contributed by atoms with Gasteiger partial charge in [0.2, 0.25) is 6.10 Å². The maximum Gasteiger partial charge on any atom is 0.352 e. The van der Waals surface area contributed by atoms with Crippen LogP contribution in [-0.2, 0) is 19.1 Å². The Morgan fingerprint density at radius 2 is 1.80 bits per heavy atom. The number of cyclic esters (lactones) is 1. The highest BCUT2D eigenvalue weighted by Crippen LogP contribution is 2.44. The number of rotatable bonds is 8. The Balaban J connectivity index is 1.36. The maximum absolute atomic E-state index is 13.8. The van der Waals surface area contributed by atoms with Crippen molar-refractivity contribution in [2.45, 2.75) is 76.5 Å². The maximum atomic E-state index is 13.8. The van der Waals surface area contributed by atoms with Gasteiger partial charge < -0.3 is 24.4 Å². The van der Waals surface area contributed by atoms with Gasteiger partial charge in [-0.25, -0.2) is 4.79 Å². The van der Waals surface area contributed by atoms with E-state index in [0.29, 0.717) is 30.6 Å². The zero-order chi connectivity index (χ0) is 28.2. The van der Waals surface area contributed by atoms with Crippen LogP contribution in [0.4, 0.5) is 0 Å². The molecule has 0 amide bonds. The number of hydrogen-bond donors (Lipinski definition) is 2. The van der Waals surface area contributed by atoms with Crippen LogP contribution in [0.25, 0.3) is 0 Å². The third-order valence-electron chi connectivity index (χ3n) is 8.29. The molecule has 8 atom stereocenters. The van der Waals surface area contributed by atoms with Crippen LogP contribution in [0.15, 0.2) is 78.4 Å². The van der Waals surface area contributed by atoms with Gasteiger partial charge in [-0.3, -0.25) is 4.79 Å². The van der Waals surface area contributed by atoms with Crippen molar-refractivity contribution in [1.29, 1.82) is 0 Å². The van der Waals surface area contributed by atoms with E-state index in [1.165, 1.54) is 0 Å². The summed E-state index contributed by atoms with van der Waals surface area (Å²) in [5.41, 5.74) is 2.73. The Morgan fingerprint density at radius 3 is 2.52 bits per heavy atom. The minimum atomic E-state index is -0.964. The normalized spacial score (nSPS) is 30.4. The third-order valence-corrected chi connectivity index (χ3v) is 8.29. The lowest BCUT2D eigenvalue weighted by atomic mass is 9.66. The Hall–Kier alpha value is -3.42. The summed E-state index contributed by atoms with van der Waals surface area (Å²) >= 11 is 0. The molecule has 2 aromatic carbocycles. The highest BCUT2D eigenvalue weighted by Gasteiger charge is 2.43. The van der Waals surface area contributed by atoms with E-state index in [4.69, 9.17) is 14.2 Å². The second kappa shape index (κ2) is 12.4. The van der Waals surface area contributed by atoms with Crippen LogP contribution in [0.2, 0.25) is 0 Å². The number of aryl methyl sites for hydroxylation is 1. The van der Waals surface area contributed by atoms with Crippen molar-refractivity contribution < 1.29 is 34.0 Å². The molecule has 1 saturated heterocycles. The molecule has 0 bridgehead atoms. The molecule has 2 N–H and O–H groups in total. The summed E-state index contributed by atoms with van der Waals surface area (Å²) in [5, 5.41) is 20.7. The molecule has 5 rings (SSSR count). The van der Waals surface area contributed by atoms with Gasteiger partial charge in [0.1, 0.15) is 18.0 Å². The molecule has 1 heterocycles. The first-order valence-electron chi connectivity index (χ1n) is 14.2. The number of carbonyl (C=O) groups excluding carboxylic acids is 2. The second-order valence-corrected chi connectivity index (χ2v) is 11.4. The van der Waals surface area contributed by atoms with Crippen molar-refractivity contribution in [3.63, 3.8) is 0 Å². The van der Waals surface area contributed by atoms with Crippen LogP contribution >= 0.6 is 0 Å². The molecule has 7 nitrogen and oxygen atoms in total. The summed E-state index contributed by atoms with van der Waals surface area (Å²) in [6.45, 7) is 4.12. The number of allylic oxidation sites excluding steroid dienone is 2. The first-order chi connectivity index (χ1) is 19.3. The largest absolute Gasteiger partial charge is 0.474 e. The standard InChI is InChI=1S/C33H38O7/c1-20-8-12-26(13-9-20)39-32(22-6-4-3-5-7-22)33(37)40-29-18-24(34)16-23-11-10-21(2)28(31(23)29)15-14-27-17-25(35)19-30(36)38-27/h3-13,16,21,24-25,27-29,31-32,34-35H,14-15,17-19H2,1-2H3/t21-,24+,25+,27+,28-,29-,31-,32?/m0/s1. The summed E-state index contributed by atoms with van der Waals surface area (Å²) in [6.07, 6.45) is 4.86. The zero-order valence-corrected chi connectivity index (χ0v) is 23.0. The van der Waals surface area contributed by atoms with Crippen molar-refractivity contribution in [1.82, 2.24) is 0 Å². The van der Waals surface area contributed by atoms with Crippen molar-refractivity contribution >= 4 is 11.9 Å². The van der Waals surface area contributed by atoms with E-state index in [0.717, 1.165) is 17.6 Å². The SMILES string of the molecule is Cc1ccc(OC(C(=O)O[C@H]2C[C@H](O)C=C3C=C[C@H](C)[C@H](CC[C@@H]4C[C@@H](O)CC(=O)O4)[C@H]32)c2ccccc2)cc1. The number of aliphatic hydroxyl groups excluding tert-OH is 2. The van der Waals surface area contributed by atoms with Crippen molar-refractivity contribution in [3.05, 3.63) is 89.5 Å². The fourth-order valence-corrected chi connectivity index (χ4v) is 6.25. The number of fused-ring (bicyclic) bond motifs is 1. The molecule has 3 aliphatic rings. The van der Waals surface area contributed by atoms with Crippen LogP contribution in [-0.4, -0.2) is 46.6 Å². The lowest BCUT2D eigenvalue weighted by molar-refractivity contribution is -0.165. The van der Waals surface area contributed by atoms with E-state index in [1.807, 2.05) is 73.7 Å². The van der Waals surface area contributed by atoms with Crippen molar-refractivity contribution in [3.8, 4) is 5.75 Å². The summed E-state index contributed by atoms with van der Waals surface area (Å²) in [6, 6.07) is 16.8. The molecule has 2 aliphatic carbocycles. The lowest BCUT2D eigenvalue weighted by Gasteiger charge is -2.43. The smallest absolute Gasteiger partial charge is 0.352 e. The Labute approximate surface area is 235 Å². The highest BCUT2D eigenvalue weighted by molar-refractivity contribution is 5.77. The van der Waals surface area contributed by atoms with E-state index in [1.54, 1.807) is 0 Å². The minimum absolute atomic E-state index is 0.0394. The molecule has 0 aromatic heterocycles. The first kappa shape index (κ1) is 28.1. The number of benzene rings is 2. The predicted molar refractivity (Wildman–Crippen MR) is 149 cm³/mol. The summed E-state index contributed by atoms with van der Waals surface area (Å²) in [4.78, 5) is 25.6. The molecule has 7 heteroatoms. The molecular formula is C33H38O7. The fraction of sp³-hybridized carbons (Fsp3) is 0.455. The Morgan fingerprint density at radius 1 is 1.05 bits per heavy atom. The molecule has 1 aliphatic heterocycles. The molecule has 212 valence electrons.